The molecule has 0 bridgehead atoms. The van der Waals surface area contributed by atoms with Crippen LogP contribution in [0.3, 0.4) is 0 Å². The normalized spacial score (nSPS) is 23.9. The highest BCUT2D eigenvalue weighted by Crippen LogP contribution is 2.53. The van der Waals surface area contributed by atoms with Crippen molar-refractivity contribution >= 4 is 46.6 Å². The van der Waals surface area contributed by atoms with E-state index in [4.69, 9.17) is 11.6 Å². The lowest BCUT2D eigenvalue weighted by atomic mass is 9.83. The zero-order chi connectivity index (χ0) is 25.1. The summed E-state index contributed by atoms with van der Waals surface area (Å²) >= 11 is 6.14. The number of nitro groups is 1. The Kier molecular flexibility index (Phi) is 5.01. The number of imide groups is 1. The van der Waals surface area contributed by atoms with Gasteiger partial charge in [0.05, 0.1) is 28.5 Å². The molecule has 0 N–H and O–H groups in total. The van der Waals surface area contributed by atoms with Gasteiger partial charge in [-0.15, -0.1) is 0 Å². The number of anilines is 1. The molecule has 36 heavy (non-hydrogen) atoms. The van der Waals surface area contributed by atoms with E-state index >= 15 is 0 Å². The molecule has 8 nitrogen and oxygen atoms in total. The predicted molar refractivity (Wildman–Crippen MR) is 132 cm³/mol. The van der Waals surface area contributed by atoms with Crippen molar-refractivity contribution in [3.63, 3.8) is 0 Å². The second kappa shape index (κ2) is 8.13. The minimum absolute atomic E-state index is 0.113. The average molecular weight is 500 g/mol. The summed E-state index contributed by atoms with van der Waals surface area (Å²) in [5, 5.41) is 11.7. The number of nitrogens with zero attached hydrogens (tertiary/aromatic N) is 3. The van der Waals surface area contributed by atoms with Crippen molar-refractivity contribution in [3.8, 4) is 0 Å². The SMILES string of the molecule is O=C(c1cccc([N+](=O)[O-])c1)[C@@H]1[C@@H]2C(=O)N(c3cccc(Cl)c3)C(=O)[C@@H]2[C@H]2c3ccccc3C=CN12. The monoisotopic (exact) mass is 499 g/mol. The van der Waals surface area contributed by atoms with Crippen molar-refractivity contribution in [3.05, 3.63) is 111 Å². The molecule has 0 saturated carbocycles. The van der Waals surface area contributed by atoms with Gasteiger partial charge < -0.3 is 4.90 Å². The second-order valence-corrected chi connectivity index (χ2v) is 9.43. The summed E-state index contributed by atoms with van der Waals surface area (Å²) in [4.78, 5) is 55.2. The van der Waals surface area contributed by atoms with Crippen LogP contribution in [0.5, 0.6) is 0 Å². The highest BCUT2D eigenvalue weighted by molar-refractivity contribution is 6.31. The third-order valence-electron chi connectivity index (χ3n) is 7.14. The number of ketones is 1. The number of halogens is 1. The number of Topliss-reactive ketones (excluding diaryl/α,β-unsaturated/α-hetero) is 1. The van der Waals surface area contributed by atoms with Crippen LogP contribution in [-0.2, 0) is 9.59 Å². The fraction of sp³-hybridized carbons (Fsp3) is 0.148. The number of carbonyl (C=O) groups is 3. The fourth-order valence-corrected chi connectivity index (χ4v) is 5.85. The molecule has 3 aromatic carbocycles. The van der Waals surface area contributed by atoms with Crippen LogP contribution in [-0.4, -0.2) is 33.5 Å². The lowest BCUT2D eigenvalue weighted by molar-refractivity contribution is -0.384. The molecule has 4 atom stereocenters. The van der Waals surface area contributed by atoms with Crippen LogP contribution >= 0.6 is 11.6 Å². The molecule has 2 fully saturated rings. The second-order valence-electron chi connectivity index (χ2n) is 9.00. The molecule has 9 heteroatoms. The lowest BCUT2D eigenvalue weighted by Crippen LogP contribution is -2.44. The Morgan fingerprint density at radius 1 is 0.917 bits per heavy atom. The Hall–Kier alpha value is -4.30. The van der Waals surface area contributed by atoms with Crippen LogP contribution in [0.1, 0.15) is 27.5 Å². The first-order valence-electron chi connectivity index (χ1n) is 11.3. The molecule has 0 aromatic heterocycles. The van der Waals surface area contributed by atoms with Gasteiger partial charge in [-0.3, -0.25) is 24.5 Å². The van der Waals surface area contributed by atoms with E-state index in [0.29, 0.717) is 10.7 Å². The summed E-state index contributed by atoms with van der Waals surface area (Å²) in [6, 6.07) is 17.9. The number of nitro benzene ring substituents is 1. The number of hydrogen-bond acceptors (Lipinski definition) is 6. The maximum Gasteiger partial charge on any atom is 0.270 e. The summed E-state index contributed by atoms with van der Waals surface area (Å²) in [7, 11) is 0. The lowest BCUT2D eigenvalue weighted by Gasteiger charge is -2.35. The standard InChI is InChI=1S/C27H18ClN3O5/c28-17-7-4-8-18(14-17)30-26(33)21-22(27(30)34)24(25(32)16-6-3-9-19(13-16)31(35)36)29-12-11-15-5-1-2-10-20(15)23(21)29/h1-14,21-24H/t21-,22+,23+,24-/m0/s1. The van der Waals surface area contributed by atoms with Crippen LogP contribution in [0.25, 0.3) is 6.08 Å². The smallest absolute Gasteiger partial charge is 0.270 e. The molecule has 0 aliphatic carbocycles. The molecule has 2 amide bonds. The molecule has 6 rings (SSSR count). The number of rotatable bonds is 4. The van der Waals surface area contributed by atoms with Gasteiger partial charge in [-0.25, -0.2) is 4.90 Å². The summed E-state index contributed by atoms with van der Waals surface area (Å²) in [5.41, 5.74) is 1.99. The fourth-order valence-electron chi connectivity index (χ4n) is 5.67. The van der Waals surface area contributed by atoms with Gasteiger partial charge in [0.2, 0.25) is 11.8 Å². The highest BCUT2D eigenvalue weighted by Gasteiger charge is 2.64. The molecule has 2 saturated heterocycles. The predicted octanol–water partition coefficient (Wildman–Crippen LogP) is 4.65. The summed E-state index contributed by atoms with van der Waals surface area (Å²) in [6.07, 6.45) is 3.60. The summed E-state index contributed by atoms with van der Waals surface area (Å²) in [6.45, 7) is 0. The van der Waals surface area contributed by atoms with Gasteiger partial charge in [-0.2, -0.15) is 0 Å². The van der Waals surface area contributed by atoms with Gasteiger partial charge in [-0.1, -0.05) is 54.1 Å². The number of fused-ring (bicyclic) bond motifs is 5. The van der Waals surface area contributed by atoms with E-state index in [2.05, 4.69) is 0 Å². The molecular weight excluding hydrogens is 482 g/mol. The zero-order valence-electron chi connectivity index (χ0n) is 18.7. The van der Waals surface area contributed by atoms with Gasteiger partial charge in [0, 0.05) is 28.9 Å². The number of amides is 2. The van der Waals surface area contributed by atoms with E-state index in [1.807, 2.05) is 30.3 Å². The maximum atomic E-state index is 13.9. The number of hydrogen-bond donors (Lipinski definition) is 0. The first-order valence-corrected chi connectivity index (χ1v) is 11.7. The van der Waals surface area contributed by atoms with E-state index in [-0.39, 0.29) is 11.3 Å². The zero-order valence-corrected chi connectivity index (χ0v) is 19.4. The molecule has 3 aliphatic rings. The third kappa shape index (κ3) is 3.18. The Labute approximate surface area is 210 Å². The first-order chi connectivity index (χ1) is 17.4. The average Bonchev–Trinajstić information content (AvgIpc) is 3.36. The van der Waals surface area contributed by atoms with Crippen LogP contribution in [0.4, 0.5) is 11.4 Å². The van der Waals surface area contributed by atoms with Crippen molar-refractivity contribution < 1.29 is 19.3 Å². The van der Waals surface area contributed by atoms with E-state index < -0.39 is 46.4 Å². The van der Waals surface area contributed by atoms with Crippen molar-refractivity contribution in [2.75, 3.05) is 4.90 Å². The minimum Gasteiger partial charge on any atom is -0.358 e. The Morgan fingerprint density at radius 3 is 2.44 bits per heavy atom. The van der Waals surface area contributed by atoms with Gasteiger partial charge in [0.25, 0.3) is 5.69 Å². The molecule has 0 spiro atoms. The van der Waals surface area contributed by atoms with E-state index in [1.165, 1.54) is 24.3 Å². The quantitative estimate of drug-likeness (QED) is 0.224. The van der Waals surface area contributed by atoms with Gasteiger partial charge in [0.15, 0.2) is 5.78 Å². The molecule has 0 unspecified atom stereocenters. The topological polar surface area (TPSA) is 101 Å². The Morgan fingerprint density at radius 2 is 1.67 bits per heavy atom. The Bertz CT molecular complexity index is 1500. The van der Waals surface area contributed by atoms with Crippen LogP contribution in [0.15, 0.2) is 79.0 Å². The van der Waals surface area contributed by atoms with Crippen molar-refractivity contribution in [1.82, 2.24) is 4.90 Å². The van der Waals surface area contributed by atoms with E-state index in [0.717, 1.165) is 16.0 Å². The highest BCUT2D eigenvalue weighted by atomic mass is 35.5. The molecule has 178 valence electrons. The van der Waals surface area contributed by atoms with Crippen molar-refractivity contribution in [2.24, 2.45) is 11.8 Å². The molecule has 3 heterocycles. The van der Waals surface area contributed by atoms with Crippen LogP contribution in [0.2, 0.25) is 5.02 Å². The van der Waals surface area contributed by atoms with Crippen LogP contribution in [0, 0.1) is 22.0 Å². The Balaban J connectivity index is 1.50. The van der Waals surface area contributed by atoms with Gasteiger partial charge >= 0.3 is 0 Å². The van der Waals surface area contributed by atoms with Crippen molar-refractivity contribution in [1.29, 1.82) is 0 Å². The van der Waals surface area contributed by atoms with Crippen LogP contribution < -0.4 is 4.90 Å². The number of carbonyl (C=O) groups excluding carboxylic acids is 3. The molecule has 3 aromatic rings. The molecule has 3 aliphatic heterocycles. The molecule has 0 radical (unpaired) electrons. The molecular formula is C27H18ClN3O5. The van der Waals surface area contributed by atoms with E-state index in [9.17, 15) is 24.5 Å². The number of non-ortho nitro benzene ring substituents is 1. The van der Waals surface area contributed by atoms with Gasteiger partial charge in [0.1, 0.15) is 6.04 Å². The number of benzene rings is 3. The summed E-state index contributed by atoms with van der Waals surface area (Å²) in [5.74, 6) is -3.12. The summed E-state index contributed by atoms with van der Waals surface area (Å²) < 4.78 is 0. The van der Waals surface area contributed by atoms with E-state index in [1.54, 1.807) is 35.4 Å². The van der Waals surface area contributed by atoms with Crippen molar-refractivity contribution in [2.45, 2.75) is 12.1 Å². The minimum atomic E-state index is -1.01. The first kappa shape index (κ1) is 22.2. The maximum absolute atomic E-state index is 13.9. The van der Waals surface area contributed by atoms with Gasteiger partial charge in [-0.05, 0) is 35.4 Å². The third-order valence-corrected chi connectivity index (χ3v) is 7.37. The largest absolute Gasteiger partial charge is 0.358 e.